The lowest BCUT2D eigenvalue weighted by molar-refractivity contribution is 0.465. The molecule has 102 valence electrons. The molecule has 0 fully saturated rings. The number of anilines is 1. The van der Waals surface area contributed by atoms with Crippen molar-refractivity contribution < 1.29 is 0 Å². The van der Waals surface area contributed by atoms with Crippen LogP contribution in [0.2, 0.25) is 0 Å². The van der Waals surface area contributed by atoms with Crippen LogP contribution in [-0.2, 0) is 6.42 Å². The molecule has 1 aromatic heterocycles. The third kappa shape index (κ3) is 3.19. The number of hydrogen-bond acceptors (Lipinski definition) is 5. The van der Waals surface area contributed by atoms with Gasteiger partial charge in [0.25, 0.3) is 0 Å². The number of nitrogens with one attached hydrogen (secondary N) is 1. The Morgan fingerprint density at radius 1 is 1.56 bits per heavy atom. The topological polar surface area (TPSA) is 28.2 Å². The van der Waals surface area contributed by atoms with Gasteiger partial charge in [0.2, 0.25) is 0 Å². The van der Waals surface area contributed by atoms with Gasteiger partial charge in [0.15, 0.2) is 5.13 Å². The summed E-state index contributed by atoms with van der Waals surface area (Å²) in [5.41, 5.74) is 1.32. The van der Waals surface area contributed by atoms with Crippen LogP contribution in [0.25, 0.3) is 0 Å². The highest BCUT2D eigenvalue weighted by molar-refractivity contribution is 7.98. The highest BCUT2D eigenvalue weighted by Gasteiger charge is 2.24. The first-order chi connectivity index (χ1) is 8.76. The van der Waals surface area contributed by atoms with Crippen molar-refractivity contribution in [3.05, 3.63) is 10.6 Å². The molecular formula is C13H23N3S2. The van der Waals surface area contributed by atoms with Gasteiger partial charge >= 0.3 is 0 Å². The largest absolute Gasteiger partial charge is 0.350 e. The Hall–Kier alpha value is -0.260. The van der Waals surface area contributed by atoms with Gasteiger partial charge in [0, 0.05) is 24.2 Å². The summed E-state index contributed by atoms with van der Waals surface area (Å²) < 4.78 is 0. The second-order valence-corrected chi connectivity index (χ2v) is 6.77. The van der Waals surface area contributed by atoms with Crippen LogP contribution >= 0.6 is 23.1 Å². The van der Waals surface area contributed by atoms with Gasteiger partial charge in [-0.2, -0.15) is 11.8 Å². The number of aromatic nitrogens is 1. The average molecular weight is 285 g/mol. The summed E-state index contributed by atoms with van der Waals surface area (Å²) in [6.45, 7) is 4.28. The number of rotatable bonds is 6. The summed E-state index contributed by atoms with van der Waals surface area (Å²) in [7, 11) is 2.16. The first-order valence-corrected chi connectivity index (χ1v) is 8.90. The molecule has 18 heavy (non-hydrogen) atoms. The van der Waals surface area contributed by atoms with Crippen LogP contribution in [0.4, 0.5) is 5.13 Å². The molecule has 1 aromatic rings. The molecule has 1 aliphatic rings. The second-order valence-electron chi connectivity index (χ2n) is 4.72. The van der Waals surface area contributed by atoms with E-state index in [0.717, 1.165) is 18.8 Å². The van der Waals surface area contributed by atoms with Crippen LogP contribution in [0.15, 0.2) is 0 Å². The first-order valence-electron chi connectivity index (χ1n) is 6.69. The van der Waals surface area contributed by atoms with Crippen LogP contribution in [0.3, 0.4) is 0 Å². The molecule has 1 unspecified atom stereocenters. The van der Waals surface area contributed by atoms with E-state index in [9.17, 15) is 0 Å². The maximum atomic E-state index is 4.88. The minimum atomic E-state index is 0.484. The highest BCUT2D eigenvalue weighted by atomic mass is 32.2. The molecule has 3 nitrogen and oxygen atoms in total. The first kappa shape index (κ1) is 14.2. The summed E-state index contributed by atoms with van der Waals surface area (Å²) in [4.78, 5) is 8.67. The van der Waals surface area contributed by atoms with E-state index in [1.807, 2.05) is 23.1 Å². The van der Waals surface area contributed by atoms with Crippen LogP contribution in [0.5, 0.6) is 0 Å². The normalized spacial score (nSPS) is 18.7. The average Bonchev–Trinajstić information content (AvgIpc) is 2.81. The molecular weight excluding hydrogens is 262 g/mol. The Morgan fingerprint density at radius 3 is 3.11 bits per heavy atom. The Morgan fingerprint density at radius 2 is 2.39 bits per heavy atom. The molecule has 0 bridgehead atoms. The van der Waals surface area contributed by atoms with E-state index < -0.39 is 0 Å². The fraction of sp³-hybridized carbons (Fsp3) is 0.769. The van der Waals surface area contributed by atoms with Crippen molar-refractivity contribution in [1.29, 1.82) is 0 Å². The molecule has 1 heterocycles. The van der Waals surface area contributed by atoms with Crippen molar-refractivity contribution in [3.8, 4) is 0 Å². The maximum Gasteiger partial charge on any atom is 0.185 e. The van der Waals surface area contributed by atoms with E-state index in [-0.39, 0.29) is 0 Å². The van der Waals surface area contributed by atoms with E-state index in [2.05, 4.69) is 30.4 Å². The Bertz CT molecular complexity index is 378. The van der Waals surface area contributed by atoms with Crippen molar-refractivity contribution >= 4 is 28.2 Å². The van der Waals surface area contributed by atoms with Crippen molar-refractivity contribution in [2.24, 2.45) is 0 Å². The molecule has 0 aromatic carbocycles. The van der Waals surface area contributed by atoms with E-state index in [1.54, 1.807) is 0 Å². The standard InChI is InChI=1S/C13H23N3S2/c1-4-14-10-6-5-7-11-12(10)15-13(18-11)16(2)8-9-17-3/h10,14H,4-9H2,1-3H3. The van der Waals surface area contributed by atoms with Gasteiger partial charge in [-0.15, -0.1) is 11.3 Å². The Labute approximate surface area is 118 Å². The molecule has 0 saturated heterocycles. The lowest BCUT2D eigenvalue weighted by Crippen LogP contribution is -2.25. The van der Waals surface area contributed by atoms with Crippen LogP contribution in [-0.4, -0.2) is 37.1 Å². The number of aryl methyl sites for hydroxylation is 1. The number of hydrogen-bond donors (Lipinski definition) is 1. The predicted molar refractivity (Wildman–Crippen MR) is 83.1 cm³/mol. The lowest BCUT2D eigenvalue weighted by atomic mass is 9.98. The number of nitrogens with zero attached hydrogens (tertiary/aromatic N) is 2. The third-order valence-corrected chi connectivity index (χ3v) is 5.19. The molecule has 1 aliphatic carbocycles. The lowest BCUT2D eigenvalue weighted by Gasteiger charge is -2.21. The van der Waals surface area contributed by atoms with Crippen molar-refractivity contribution in [1.82, 2.24) is 10.3 Å². The van der Waals surface area contributed by atoms with E-state index >= 15 is 0 Å². The summed E-state index contributed by atoms with van der Waals surface area (Å²) in [5, 5.41) is 4.75. The fourth-order valence-electron chi connectivity index (χ4n) is 2.34. The SMILES string of the molecule is CCNC1CCCc2sc(N(C)CCSC)nc21. The molecule has 0 saturated carbocycles. The minimum absolute atomic E-state index is 0.484. The van der Waals surface area contributed by atoms with Crippen molar-refractivity contribution in [2.75, 3.05) is 37.0 Å². The summed E-state index contributed by atoms with van der Waals surface area (Å²) in [6.07, 6.45) is 5.90. The zero-order valence-electron chi connectivity index (χ0n) is 11.5. The Kier molecular flexibility index (Phi) is 5.33. The fourth-order valence-corrected chi connectivity index (χ4v) is 3.94. The third-order valence-electron chi connectivity index (χ3n) is 3.35. The zero-order chi connectivity index (χ0) is 13.0. The van der Waals surface area contributed by atoms with E-state index in [0.29, 0.717) is 6.04 Å². The van der Waals surface area contributed by atoms with Crippen molar-refractivity contribution in [2.45, 2.75) is 32.2 Å². The van der Waals surface area contributed by atoms with Gasteiger partial charge in [0.05, 0.1) is 11.7 Å². The minimum Gasteiger partial charge on any atom is -0.350 e. The molecule has 2 rings (SSSR count). The predicted octanol–water partition coefficient (Wildman–Crippen LogP) is 2.93. The molecule has 0 spiro atoms. The highest BCUT2D eigenvalue weighted by Crippen LogP contribution is 2.36. The van der Waals surface area contributed by atoms with Gasteiger partial charge in [-0.1, -0.05) is 6.92 Å². The quantitative estimate of drug-likeness (QED) is 0.870. The maximum absolute atomic E-state index is 4.88. The van der Waals surface area contributed by atoms with E-state index in [1.165, 1.54) is 35.0 Å². The second kappa shape index (κ2) is 6.78. The summed E-state index contributed by atoms with van der Waals surface area (Å²) >= 11 is 3.78. The molecule has 0 radical (unpaired) electrons. The van der Waals surface area contributed by atoms with Gasteiger partial charge < -0.3 is 10.2 Å². The van der Waals surface area contributed by atoms with Crippen molar-refractivity contribution in [3.63, 3.8) is 0 Å². The number of thioether (sulfide) groups is 1. The van der Waals surface area contributed by atoms with Gasteiger partial charge in [-0.3, -0.25) is 0 Å². The van der Waals surface area contributed by atoms with Gasteiger partial charge in [-0.05, 0) is 32.1 Å². The van der Waals surface area contributed by atoms with Crippen LogP contribution in [0, 0.1) is 0 Å². The molecule has 0 aliphatic heterocycles. The van der Waals surface area contributed by atoms with Crippen LogP contribution < -0.4 is 10.2 Å². The van der Waals surface area contributed by atoms with Gasteiger partial charge in [0.1, 0.15) is 0 Å². The molecule has 1 atom stereocenters. The smallest absolute Gasteiger partial charge is 0.185 e. The summed E-state index contributed by atoms with van der Waals surface area (Å²) in [5.74, 6) is 1.16. The zero-order valence-corrected chi connectivity index (χ0v) is 13.2. The van der Waals surface area contributed by atoms with Crippen LogP contribution in [0.1, 0.15) is 36.4 Å². The number of fused-ring (bicyclic) bond motifs is 1. The van der Waals surface area contributed by atoms with Gasteiger partial charge in [-0.25, -0.2) is 4.98 Å². The number of thiazole rings is 1. The monoisotopic (exact) mass is 285 g/mol. The molecule has 5 heteroatoms. The Balaban J connectivity index is 2.11. The summed E-state index contributed by atoms with van der Waals surface area (Å²) in [6, 6.07) is 0.484. The van der Waals surface area contributed by atoms with E-state index in [4.69, 9.17) is 4.98 Å². The molecule has 1 N–H and O–H groups in total. The molecule has 0 amide bonds.